The average molecular weight is 288 g/mol. The highest BCUT2D eigenvalue weighted by molar-refractivity contribution is 5.95. The third-order valence-electron chi connectivity index (χ3n) is 4.32. The number of carboxylic acids is 1. The monoisotopic (exact) mass is 288 g/mol. The lowest BCUT2D eigenvalue weighted by Gasteiger charge is -2.37. The summed E-state index contributed by atoms with van der Waals surface area (Å²) in [5, 5.41) is 10.3. The quantitative estimate of drug-likeness (QED) is 0.939. The first-order valence-electron chi connectivity index (χ1n) is 7.22. The molecule has 1 saturated heterocycles. The first-order chi connectivity index (χ1) is 10.1. The van der Waals surface area contributed by atoms with Crippen LogP contribution in [0.4, 0.5) is 0 Å². The number of aromatic carboxylic acids is 1. The minimum Gasteiger partial charge on any atom is -0.475 e. The Kier molecular flexibility index (Phi) is 3.69. The van der Waals surface area contributed by atoms with Crippen molar-refractivity contribution in [3.05, 3.63) is 35.6 Å². The Morgan fingerprint density at radius 3 is 2.86 bits per heavy atom. The van der Waals surface area contributed by atoms with Crippen molar-refractivity contribution >= 4 is 16.9 Å². The van der Waals surface area contributed by atoms with E-state index in [0.717, 1.165) is 30.6 Å². The van der Waals surface area contributed by atoms with Crippen molar-refractivity contribution < 1.29 is 14.3 Å². The first-order valence-corrected chi connectivity index (χ1v) is 7.22. The van der Waals surface area contributed by atoms with Crippen LogP contribution in [-0.4, -0.2) is 53.6 Å². The number of fused-ring (bicyclic) bond motifs is 1. The minimum absolute atomic E-state index is 0.0720. The van der Waals surface area contributed by atoms with Gasteiger partial charge in [0.05, 0.1) is 0 Å². The predicted octanol–water partition coefficient (Wildman–Crippen LogP) is 2.27. The van der Waals surface area contributed by atoms with E-state index in [-0.39, 0.29) is 5.76 Å². The predicted molar refractivity (Wildman–Crippen MR) is 80.5 cm³/mol. The average Bonchev–Trinajstić information content (AvgIpc) is 2.82. The zero-order chi connectivity index (χ0) is 15.0. The molecule has 3 rings (SSSR count). The Balaban J connectivity index is 1.92. The van der Waals surface area contributed by atoms with Gasteiger partial charge in [0.1, 0.15) is 5.58 Å². The Morgan fingerprint density at radius 2 is 2.14 bits per heavy atom. The van der Waals surface area contributed by atoms with E-state index in [9.17, 15) is 9.90 Å². The number of piperazine rings is 1. The summed E-state index contributed by atoms with van der Waals surface area (Å²) in [4.78, 5) is 16.1. The summed E-state index contributed by atoms with van der Waals surface area (Å²) in [7, 11) is 2.12. The molecule has 21 heavy (non-hydrogen) atoms. The van der Waals surface area contributed by atoms with E-state index in [1.54, 1.807) is 0 Å². The molecule has 0 aliphatic carbocycles. The van der Waals surface area contributed by atoms with Crippen LogP contribution in [0.5, 0.6) is 0 Å². The zero-order valence-electron chi connectivity index (χ0n) is 12.4. The number of benzene rings is 1. The van der Waals surface area contributed by atoms with Crippen molar-refractivity contribution in [3.63, 3.8) is 0 Å². The minimum atomic E-state index is -0.997. The lowest BCUT2D eigenvalue weighted by Crippen LogP contribution is -2.49. The standard InChI is InChI=1S/C16H20N2O3/c1-11-9-18(8-7-17(11)2)10-13-12-5-3-4-6-14(12)21-15(13)16(19)20/h3-6,11H,7-10H2,1-2H3,(H,19,20). The van der Waals surface area contributed by atoms with Crippen LogP contribution >= 0.6 is 0 Å². The summed E-state index contributed by atoms with van der Waals surface area (Å²) < 4.78 is 5.51. The van der Waals surface area contributed by atoms with Gasteiger partial charge in [0.25, 0.3) is 0 Å². The maximum Gasteiger partial charge on any atom is 0.372 e. The summed E-state index contributed by atoms with van der Waals surface area (Å²) >= 11 is 0. The molecule has 0 radical (unpaired) electrons. The third-order valence-corrected chi connectivity index (χ3v) is 4.32. The number of likely N-dealkylation sites (N-methyl/N-ethyl adjacent to an activating group) is 1. The van der Waals surface area contributed by atoms with Crippen LogP contribution in [0.2, 0.25) is 0 Å². The largest absolute Gasteiger partial charge is 0.475 e. The molecule has 1 aliphatic heterocycles. The second-order valence-electron chi connectivity index (χ2n) is 5.78. The number of furan rings is 1. The maximum atomic E-state index is 11.4. The number of nitrogens with zero attached hydrogens (tertiary/aromatic N) is 2. The van der Waals surface area contributed by atoms with Crippen molar-refractivity contribution in [2.45, 2.75) is 19.5 Å². The number of para-hydroxylation sites is 1. The van der Waals surface area contributed by atoms with Gasteiger partial charge in [-0.3, -0.25) is 4.90 Å². The van der Waals surface area contributed by atoms with E-state index < -0.39 is 5.97 Å². The van der Waals surface area contributed by atoms with E-state index in [2.05, 4.69) is 23.8 Å². The van der Waals surface area contributed by atoms with Crippen LogP contribution < -0.4 is 0 Å². The van der Waals surface area contributed by atoms with E-state index in [1.807, 2.05) is 24.3 Å². The van der Waals surface area contributed by atoms with Crippen LogP contribution in [0.15, 0.2) is 28.7 Å². The second kappa shape index (κ2) is 5.50. The number of carboxylic acid groups (broad SMARTS) is 1. The van der Waals surface area contributed by atoms with E-state index >= 15 is 0 Å². The number of rotatable bonds is 3. The second-order valence-corrected chi connectivity index (χ2v) is 5.78. The summed E-state index contributed by atoms with van der Waals surface area (Å²) in [6.45, 7) is 5.70. The smallest absolute Gasteiger partial charge is 0.372 e. The van der Waals surface area contributed by atoms with Crippen LogP contribution in [0.25, 0.3) is 11.0 Å². The summed E-state index contributed by atoms with van der Waals surface area (Å²) in [6.07, 6.45) is 0. The molecule has 1 atom stereocenters. The molecule has 5 heteroatoms. The van der Waals surface area contributed by atoms with E-state index in [4.69, 9.17) is 4.42 Å². The summed E-state index contributed by atoms with van der Waals surface area (Å²) in [5.41, 5.74) is 1.43. The van der Waals surface area contributed by atoms with Gasteiger partial charge in [-0.05, 0) is 20.0 Å². The van der Waals surface area contributed by atoms with Crippen molar-refractivity contribution in [1.82, 2.24) is 9.80 Å². The van der Waals surface area contributed by atoms with Gasteiger partial charge < -0.3 is 14.4 Å². The number of hydrogen-bond acceptors (Lipinski definition) is 4. The van der Waals surface area contributed by atoms with Gasteiger partial charge in [0.2, 0.25) is 5.76 Å². The molecule has 1 fully saturated rings. The highest BCUT2D eigenvalue weighted by atomic mass is 16.4. The Morgan fingerprint density at radius 1 is 1.38 bits per heavy atom. The van der Waals surface area contributed by atoms with Crippen molar-refractivity contribution in [1.29, 1.82) is 0 Å². The molecular formula is C16H20N2O3. The number of hydrogen-bond donors (Lipinski definition) is 1. The molecule has 1 aromatic heterocycles. The first kappa shape index (κ1) is 14.1. The molecule has 0 saturated carbocycles. The van der Waals surface area contributed by atoms with E-state index in [1.165, 1.54) is 0 Å². The Hall–Kier alpha value is -1.85. The fourth-order valence-corrected chi connectivity index (χ4v) is 2.92. The van der Waals surface area contributed by atoms with Gasteiger partial charge in [0.15, 0.2) is 0 Å². The lowest BCUT2D eigenvalue weighted by atomic mass is 10.1. The SMILES string of the molecule is CC1CN(Cc2c(C(=O)O)oc3ccccc23)CCN1C. The van der Waals surface area contributed by atoms with Crippen molar-refractivity contribution in [2.24, 2.45) is 0 Å². The van der Waals surface area contributed by atoms with Crippen molar-refractivity contribution in [3.8, 4) is 0 Å². The summed E-state index contributed by atoms with van der Waals surface area (Å²) in [5.74, 6) is -0.925. The van der Waals surface area contributed by atoms with Crippen LogP contribution in [0.3, 0.4) is 0 Å². The van der Waals surface area contributed by atoms with Crippen molar-refractivity contribution in [2.75, 3.05) is 26.7 Å². The molecule has 0 spiro atoms. The normalized spacial score (nSPS) is 21.0. The van der Waals surface area contributed by atoms with Gasteiger partial charge in [-0.1, -0.05) is 18.2 Å². The molecule has 1 N–H and O–H groups in total. The summed E-state index contributed by atoms with van der Waals surface area (Å²) in [6, 6.07) is 8.00. The van der Waals surface area contributed by atoms with Gasteiger partial charge in [-0.2, -0.15) is 0 Å². The molecule has 1 aromatic carbocycles. The topological polar surface area (TPSA) is 56.9 Å². The molecule has 2 heterocycles. The zero-order valence-corrected chi connectivity index (χ0v) is 12.4. The van der Waals surface area contributed by atoms with Gasteiger partial charge in [-0.25, -0.2) is 4.79 Å². The molecule has 1 unspecified atom stereocenters. The molecule has 0 bridgehead atoms. The molecule has 1 aliphatic rings. The van der Waals surface area contributed by atoms with Crippen LogP contribution in [0, 0.1) is 0 Å². The third kappa shape index (κ3) is 2.66. The fraction of sp³-hybridized carbons (Fsp3) is 0.438. The molecule has 112 valence electrons. The number of carbonyl (C=O) groups is 1. The van der Waals surface area contributed by atoms with E-state index in [0.29, 0.717) is 18.2 Å². The highest BCUT2D eigenvalue weighted by Crippen LogP contribution is 2.27. The molecule has 0 amide bonds. The van der Waals surface area contributed by atoms with Crippen LogP contribution in [0.1, 0.15) is 23.0 Å². The van der Waals surface area contributed by atoms with Crippen LogP contribution in [-0.2, 0) is 6.54 Å². The van der Waals surface area contributed by atoms with Gasteiger partial charge in [-0.15, -0.1) is 0 Å². The van der Waals surface area contributed by atoms with Gasteiger partial charge >= 0.3 is 5.97 Å². The molecular weight excluding hydrogens is 268 g/mol. The maximum absolute atomic E-state index is 11.4. The van der Waals surface area contributed by atoms with Gasteiger partial charge in [0, 0.05) is 43.2 Å². The lowest BCUT2D eigenvalue weighted by molar-refractivity contribution is 0.0657. The fourth-order valence-electron chi connectivity index (χ4n) is 2.92. The molecule has 2 aromatic rings. The molecule has 5 nitrogen and oxygen atoms in total. The Bertz CT molecular complexity index is 665. The Labute approximate surface area is 123 Å². The highest BCUT2D eigenvalue weighted by Gasteiger charge is 2.25.